The minimum absolute atomic E-state index is 0.0369. The molecule has 12 rings (SSSR count). The SMILES string of the molecule is O=C([C@H](NC1OCO1)c1ccccc1)N1CCC[C@H]1c1nc2cc(-c3cnc4cc(-c5ccc6[nH]c([C@@H]7CCCN7C(=O)[C@H](NC7OCO7)c7ccccc7)nc6c5)ccc4c3)ccc2[nH]1. The third-order valence-corrected chi connectivity index (χ3v) is 13.3. The molecule has 4 atom stereocenters. The van der Waals surface area contributed by atoms with Gasteiger partial charge in [-0.05, 0) is 89.9 Å². The number of hydrogen-bond acceptors (Lipinski definition) is 11. The van der Waals surface area contributed by atoms with Crippen molar-refractivity contribution in [1.29, 1.82) is 0 Å². The molecule has 332 valence electrons. The zero-order valence-corrected chi connectivity index (χ0v) is 35.9. The first kappa shape index (κ1) is 40.6. The zero-order chi connectivity index (χ0) is 44.1. The maximum Gasteiger partial charge on any atom is 0.245 e. The van der Waals surface area contributed by atoms with E-state index in [0.29, 0.717) is 13.1 Å². The predicted molar refractivity (Wildman–Crippen MR) is 246 cm³/mol. The maximum absolute atomic E-state index is 14.2. The summed E-state index contributed by atoms with van der Waals surface area (Å²) in [7, 11) is 0. The number of nitrogens with one attached hydrogen (secondary N) is 4. The number of imidazole rings is 2. The molecule has 8 aromatic rings. The van der Waals surface area contributed by atoms with Crippen molar-refractivity contribution in [3.63, 3.8) is 0 Å². The molecule has 0 bridgehead atoms. The van der Waals surface area contributed by atoms with Gasteiger partial charge in [0.2, 0.25) is 24.6 Å². The third-order valence-electron chi connectivity index (χ3n) is 13.3. The van der Waals surface area contributed by atoms with Gasteiger partial charge in [-0.15, -0.1) is 0 Å². The van der Waals surface area contributed by atoms with E-state index in [1.807, 2.05) is 82.7 Å². The van der Waals surface area contributed by atoms with Crippen LogP contribution in [0.5, 0.6) is 0 Å². The molecule has 66 heavy (non-hydrogen) atoms. The number of fused-ring (bicyclic) bond motifs is 3. The first-order valence-corrected chi connectivity index (χ1v) is 22.6. The highest BCUT2D eigenvalue weighted by atomic mass is 16.9. The monoisotopic (exact) mass is 881 g/mol. The summed E-state index contributed by atoms with van der Waals surface area (Å²) in [6, 6.07) is 38.7. The molecule has 0 spiro atoms. The number of ether oxygens (including phenoxy) is 4. The number of amides is 2. The van der Waals surface area contributed by atoms with E-state index in [-0.39, 0.29) is 37.5 Å². The molecular weight excluding hydrogens is 835 g/mol. The lowest BCUT2D eigenvalue weighted by molar-refractivity contribution is -0.335. The highest BCUT2D eigenvalue weighted by Gasteiger charge is 2.40. The van der Waals surface area contributed by atoms with Crippen LogP contribution in [0.25, 0.3) is 55.2 Å². The Hall–Kier alpha value is -6.85. The minimum Gasteiger partial charge on any atom is -0.340 e. The van der Waals surface area contributed by atoms with Gasteiger partial charge in [-0.2, -0.15) is 0 Å². The van der Waals surface area contributed by atoms with Gasteiger partial charge in [-0.25, -0.2) is 9.97 Å². The van der Waals surface area contributed by atoms with Crippen LogP contribution in [0.4, 0.5) is 0 Å². The topological polar surface area (TPSA) is 172 Å². The van der Waals surface area contributed by atoms with Gasteiger partial charge in [0.05, 0.1) is 39.7 Å². The average molecular weight is 882 g/mol. The number of aromatic nitrogens is 5. The van der Waals surface area contributed by atoms with Crippen LogP contribution in [-0.4, -0.2) is 86.0 Å². The quantitative estimate of drug-likeness (QED) is 0.0941. The molecule has 4 aliphatic rings. The van der Waals surface area contributed by atoms with E-state index >= 15 is 0 Å². The molecular formula is C51H47N9O6. The fourth-order valence-corrected chi connectivity index (χ4v) is 9.79. The number of H-pyrrole nitrogens is 2. The number of nitrogens with zero attached hydrogens (tertiary/aromatic N) is 5. The van der Waals surface area contributed by atoms with Crippen molar-refractivity contribution in [3.05, 3.63) is 150 Å². The number of hydrogen-bond donors (Lipinski definition) is 4. The van der Waals surface area contributed by atoms with Gasteiger partial charge in [-0.3, -0.25) is 25.2 Å². The van der Waals surface area contributed by atoms with Gasteiger partial charge >= 0.3 is 0 Å². The molecule has 15 heteroatoms. The van der Waals surface area contributed by atoms with Crippen molar-refractivity contribution in [2.75, 3.05) is 26.7 Å². The summed E-state index contributed by atoms with van der Waals surface area (Å²) in [5, 5.41) is 7.49. The summed E-state index contributed by atoms with van der Waals surface area (Å²) >= 11 is 0. The molecule has 0 radical (unpaired) electrons. The van der Waals surface area contributed by atoms with Crippen LogP contribution in [-0.2, 0) is 28.5 Å². The van der Waals surface area contributed by atoms with E-state index in [9.17, 15) is 9.59 Å². The molecule has 0 unspecified atom stereocenters. The number of rotatable bonds is 12. The van der Waals surface area contributed by atoms with Gasteiger partial charge in [0.1, 0.15) is 23.7 Å². The predicted octanol–water partition coefficient (Wildman–Crippen LogP) is 7.89. The third kappa shape index (κ3) is 7.68. The number of carbonyl (C=O) groups is 2. The molecule has 4 N–H and O–H groups in total. The van der Waals surface area contributed by atoms with E-state index < -0.39 is 24.9 Å². The van der Waals surface area contributed by atoms with Gasteiger partial charge in [-0.1, -0.05) is 84.9 Å². The van der Waals surface area contributed by atoms with Gasteiger partial charge in [0, 0.05) is 30.2 Å². The highest BCUT2D eigenvalue weighted by Crippen LogP contribution is 2.38. The maximum atomic E-state index is 14.2. The van der Waals surface area contributed by atoms with E-state index in [2.05, 4.69) is 75.2 Å². The van der Waals surface area contributed by atoms with Gasteiger partial charge < -0.3 is 38.7 Å². The summed E-state index contributed by atoms with van der Waals surface area (Å²) in [6.07, 6.45) is 4.06. The normalized spacial score (nSPS) is 19.9. The van der Waals surface area contributed by atoms with Crippen molar-refractivity contribution in [2.24, 2.45) is 0 Å². The van der Waals surface area contributed by atoms with Crippen LogP contribution in [0, 0.1) is 0 Å². The Kier molecular flexibility index (Phi) is 10.6. The van der Waals surface area contributed by atoms with Crippen LogP contribution in [0.1, 0.15) is 72.6 Å². The number of benzene rings is 5. The van der Waals surface area contributed by atoms with Gasteiger partial charge in [0.25, 0.3) is 0 Å². The summed E-state index contributed by atoms with van der Waals surface area (Å²) < 4.78 is 21.8. The first-order valence-electron chi connectivity index (χ1n) is 22.6. The average Bonchev–Trinajstić information content (AvgIpc) is 4.17. The molecule has 2 amide bonds. The number of pyridine rings is 1. The number of carbonyl (C=O) groups excluding carboxylic acids is 2. The Morgan fingerprint density at radius 2 is 1.03 bits per heavy atom. The lowest BCUT2D eigenvalue weighted by Crippen LogP contribution is -2.50. The second-order valence-electron chi connectivity index (χ2n) is 17.3. The fraction of sp³-hybridized carbons (Fsp3) is 0.275. The molecule has 4 fully saturated rings. The second-order valence-corrected chi connectivity index (χ2v) is 17.3. The summed E-state index contributed by atoms with van der Waals surface area (Å²) in [4.78, 5) is 54.3. The van der Waals surface area contributed by atoms with E-state index in [0.717, 1.165) is 104 Å². The van der Waals surface area contributed by atoms with Crippen LogP contribution in [0.3, 0.4) is 0 Å². The first-order chi connectivity index (χ1) is 32.5. The molecule has 0 saturated carbocycles. The summed E-state index contributed by atoms with van der Waals surface area (Å²) in [6.45, 7) is 1.69. The van der Waals surface area contributed by atoms with Crippen molar-refractivity contribution in [2.45, 2.75) is 62.7 Å². The van der Waals surface area contributed by atoms with Crippen molar-refractivity contribution >= 4 is 44.8 Å². The Morgan fingerprint density at radius 1 is 0.561 bits per heavy atom. The van der Waals surface area contributed by atoms with Crippen molar-refractivity contribution in [3.8, 4) is 22.3 Å². The lowest BCUT2D eigenvalue weighted by atomic mass is 10.0. The largest absolute Gasteiger partial charge is 0.340 e. The van der Waals surface area contributed by atoms with Crippen molar-refractivity contribution in [1.82, 2.24) is 45.4 Å². The van der Waals surface area contributed by atoms with Crippen molar-refractivity contribution < 1.29 is 28.5 Å². The molecule has 5 aromatic carbocycles. The molecule has 7 heterocycles. The summed E-state index contributed by atoms with van der Waals surface area (Å²) in [5.41, 5.74) is 10.1. The molecule has 4 aliphatic heterocycles. The minimum atomic E-state index is -0.620. The Bertz CT molecular complexity index is 2870. The van der Waals surface area contributed by atoms with Crippen LogP contribution in [0.15, 0.2) is 128 Å². The fourth-order valence-electron chi connectivity index (χ4n) is 9.79. The zero-order valence-electron chi connectivity index (χ0n) is 35.9. The van der Waals surface area contributed by atoms with Gasteiger partial charge in [0.15, 0.2) is 13.6 Å². The Labute approximate surface area is 379 Å². The number of likely N-dealkylation sites (tertiary alicyclic amines) is 2. The molecule has 3 aromatic heterocycles. The highest BCUT2D eigenvalue weighted by molar-refractivity contribution is 5.91. The molecule has 15 nitrogen and oxygen atoms in total. The van der Waals surface area contributed by atoms with Crippen LogP contribution >= 0.6 is 0 Å². The van der Waals surface area contributed by atoms with E-state index in [4.69, 9.17) is 33.9 Å². The molecule has 0 aliphatic carbocycles. The Balaban J connectivity index is 0.759. The lowest BCUT2D eigenvalue weighted by Gasteiger charge is -2.34. The van der Waals surface area contributed by atoms with E-state index in [1.165, 1.54) is 0 Å². The Morgan fingerprint density at radius 3 is 1.52 bits per heavy atom. The molecule has 4 saturated heterocycles. The van der Waals surface area contributed by atoms with Crippen LogP contribution in [0.2, 0.25) is 0 Å². The van der Waals surface area contributed by atoms with E-state index in [1.54, 1.807) is 0 Å². The number of aromatic amines is 2. The smallest absolute Gasteiger partial charge is 0.245 e. The summed E-state index contributed by atoms with van der Waals surface area (Å²) in [5.74, 6) is 1.48. The standard InChI is InChI=1S/C51H47N9O6/c61-48(44(57-50-63-28-64-50)30-9-3-1-4-10-30)59-21-7-13-42(59)46-53-37-19-17-33(25-40(37)55-46)32-15-16-35-23-36(27-52-39(35)24-32)34-18-20-38-41(26-34)56-47(54-38)43-14-8-22-60(43)49(62)45(58-51-65-29-66-51)31-11-5-2-6-12-31/h1-6,9-12,15-20,23-27,42-45,50-51,57-58H,7-8,13-14,21-22,28-29H2,(H,53,55)(H,54,56)/t42-,43-,44+,45+/m0/s1. The second kappa shape index (κ2) is 17.2. The van der Waals surface area contributed by atoms with Crippen LogP contribution < -0.4 is 10.6 Å².